The van der Waals surface area contributed by atoms with Gasteiger partial charge in [0.15, 0.2) is 0 Å². The van der Waals surface area contributed by atoms with Gasteiger partial charge in [-0.15, -0.1) is 0 Å². The van der Waals surface area contributed by atoms with Gasteiger partial charge in [0.1, 0.15) is 13.2 Å². The third-order valence-corrected chi connectivity index (χ3v) is 4.90. The Balaban J connectivity index is 1.65. The summed E-state index contributed by atoms with van der Waals surface area (Å²) in [6.07, 6.45) is 0. The van der Waals surface area contributed by atoms with E-state index in [0.717, 1.165) is 0 Å². The lowest BCUT2D eigenvalue weighted by Gasteiger charge is -2.13. The molecule has 10 heteroatoms. The summed E-state index contributed by atoms with van der Waals surface area (Å²) in [6.45, 7) is -0.239. The minimum absolute atomic E-state index is 0.00435. The Morgan fingerprint density at radius 2 is 1.14 bits per heavy atom. The molecule has 0 saturated carbocycles. The standard InChI is InChI=1S/C25H18ClN3O6/c26-21-19(28-22(30)24(32)34-14-16-7-3-1-4-8-16)11-18(13-27)12-20(21)29-23(31)25(33)35-15-17-9-5-2-6-10-17/h1-12H,14-15H2,(H,28,30)(H,29,31). The second kappa shape index (κ2) is 12.0. The van der Waals surface area contributed by atoms with Gasteiger partial charge in [0.2, 0.25) is 0 Å². The molecule has 2 N–H and O–H groups in total. The molecule has 0 heterocycles. The van der Waals surface area contributed by atoms with Crippen molar-refractivity contribution in [2.45, 2.75) is 13.2 Å². The molecular formula is C25H18ClN3O6. The van der Waals surface area contributed by atoms with Crippen LogP contribution < -0.4 is 10.6 Å². The van der Waals surface area contributed by atoms with Gasteiger partial charge in [-0.25, -0.2) is 9.59 Å². The van der Waals surface area contributed by atoms with Crippen molar-refractivity contribution < 1.29 is 28.7 Å². The van der Waals surface area contributed by atoms with E-state index >= 15 is 0 Å². The van der Waals surface area contributed by atoms with E-state index in [1.54, 1.807) is 60.7 Å². The number of hydrogen-bond donors (Lipinski definition) is 2. The highest BCUT2D eigenvalue weighted by Crippen LogP contribution is 2.32. The van der Waals surface area contributed by atoms with Crippen LogP contribution in [0.3, 0.4) is 0 Å². The van der Waals surface area contributed by atoms with Crippen LogP contribution in [-0.2, 0) is 41.9 Å². The molecule has 0 spiro atoms. The first-order valence-electron chi connectivity index (χ1n) is 10.1. The van der Waals surface area contributed by atoms with Gasteiger partial charge in [0.05, 0.1) is 28.0 Å². The fourth-order valence-corrected chi connectivity index (χ4v) is 3.00. The first-order valence-corrected chi connectivity index (χ1v) is 10.5. The van der Waals surface area contributed by atoms with Crippen LogP contribution in [0.2, 0.25) is 5.02 Å². The molecule has 35 heavy (non-hydrogen) atoms. The number of halogens is 1. The van der Waals surface area contributed by atoms with E-state index in [4.69, 9.17) is 21.1 Å². The first kappa shape index (κ1) is 25.0. The number of anilines is 2. The Bertz CT molecular complexity index is 1200. The van der Waals surface area contributed by atoms with Crippen LogP contribution in [0, 0.1) is 11.3 Å². The van der Waals surface area contributed by atoms with E-state index in [9.17, 15) is 24.4 Å². The van der Waals surface area contributed by atoms with Crippen molar-refractivity contribution in [2.24, 2.45) is 0 Å². The van der Waals surface area contributed by atoms with Crippen LogP contribution in [0.25, 0.3) is 0 Å². The summed E-state index contributed by atoms with van der Waals surface area (Å²) in [7, 11) is 0. The minimum atomic E-state index is -1.18. The van der Waals surface area contributed by atoms with E-state index in [-0.39, 0.29) is 35.2 Å². The van der Waals surface area contributed by atoms with Gasteiger partial charge < -0.3 is 20.1 Å². The molecule has 3 aromatic rings. The van der Waals surface area contributed by atoms with E-state index in [1.165, 1.54) is 12.1 Å². The molecule has 0 aliphatic rings. The minimum Gasteiger partial charge on any atom is -0.454 e. The summed E-state index contributed by atoms with van der Waals surface area (Å²) in [5, 5.41) is 13.6. The van der Waals surface area contributed by atoms with Crippen LogP contribution in [0.15, 0.2) is 72.8 Å². The molecule has 0 atom stereocenters. The highest BCUT2D eigenvalue weighted by molar-refractivity contribution is 6.43. The molecule has 2 amide bonds. The summed E-state index contributed by atoms with van der Waals surface area (Å²) >= 11 is 6.24. The number of nitriles is 1. The van der Waals surface area contributed by atoms with Gasteiger partial charge in [0, 0.05) is 0 Å². The monoisotopic (exact) mass is 491 g/mol. The zero-order valence-corrected chi connectivity index (χ0v) is 18.9. The highest BCUT2D eigenvalue weighted by atomic mass is 35.5. The average molecular weight is 492 g/mol. The van der Waals surface area contributed by atoms with Gasteiger partial charge >= 0.3 is 23.8 Å². The lowest BCUT2D eigenvalue weighted by atomic mass is 10.1. The number of esters is 2. The Kier molecular flexibility index (Phi) is 8.53. The van der Waals surface area contributed by atoms with Gasteiger partial charge in [-0.1, -0.05) is 72.3 Å². The van der Waals surface area contributed by atoms with E-state index in [1.807, 2.05) is 6.07 Å². The molecule has 3 aromatic carbocycles. The van der Waals surface area contributed by atoms with Crippen LogP contribution >= 0.6 is 11.6 Å². The number of ether oxygens (including phenoxy) is 2. The molecule has 0 aliphatic heterocycles. The Hall–Kier alpha value is -4.68. The summed E-state index contributed by atoms with van der Waals surface area (Å²) in [6, 6.07) is 21.7. The molecule has 9 nitrogen and oxygen atoms in total. The zero-order chi connectivity index (χ0) is 25.2. The van der Waals surface area contributed by atoms with Gasteiger partial charge in [0.25, 0.3) is 0 Å². The van der Waals surface area contributed by atoms with E-state index in [2.05, 4.69) is 10.6 Å². The van der Waals surface area contributed by atoms with Gasteiger partial charge in [-0.3, -0.25) is 9.59 Å². The number of hydrogen-bond acceptors (Lipinski definition) is 7. The third-order valence-electron chi connectivity index (χ3n) is 4.49. The molecule has 0 unspecified atom stereocenters. The van der Waals surface area contributed by atoms with E-state index < -0.39 is 23.8 Å². The summed E-state index contributed by atoms with van der Waals surface area (Å²) in [5.41, 5.74) is 1.08. The van der Waals surface area contributed by atoms with Crippen molar-refractivity contribution in [1.82, 2.24) is 0 Å². The number of amides is 2. The maximum absolute atomic E-state index is 12.3. The normalized spacial score (nSPS) is 9.94. The Morgan fingerprint density at radius 1 is 0.743 bits per heavy atom. The molecule has 0 fully saturated rings. The Labute approximate surface area is 205 Å². The maximum Gasteiger partial charge on any atom is 0.397 e. The van der Waals surface area contributed by atoms with Crippen molar-refractivity contribution in [3.63, 3.8) is 0 Å². The van der Waals surface area contributed by atoms with Crippen molar-refractivity contribution >= 4 is 46.7 Å². The SMILES string of the molecule is N#Cc1cc(NC(=O)C(=O)OCc2ccccc2)c(Cl)c(NC(=O)C(=O)OCc2ccccc2)c1. The lowest BCUT2D eigenvalue weighted by Crippen LogP contribution is -2.26. The van der Waals surface area contributed by atoms with Crippen LogP contribution in [0.1, 0.15) is 16.7 Å². The zero-order valence-electron chi connectivity index (χ0n) is 18.1. The average Bonchev–Trinajstić information content (AvgIpc) is 2.89. The third kappa shape index (κ3) is 7.15. The number of benzene rings is 3. The van der Waals surface area contributed by atoms with Crippen molar-refractivity contribution in [1.29, 1.82) is 5.26 Å². The number of rotatable bonds is 6. The lowest BCUT2D eigenvalue weighted by molar-refractivity contribution is -0.153. The molecule has 0 aliphatic carbocycles. The number of nitrogens with one attached hydrogen (secondary N) is 2. The maximum atomic E-state index is 12.3. The first-order chi connectivity index (χ1) is 16.9. The molecule has 0 saturated heterocycles. The number of carbonyl (C=O) groups is 4. The predicted molar refractivity (Wildman–Crippen MR) is 126 cm³/mol. The van der Waals surface area contributed by atoms with Gasteiger partial charge in [-0.2, -0.15) is 5.26 Å². The molecule has 176 valence electrons. The van der Waals surface area contributed by atoms with Crippen LogP contribution in [0.4, 0.5) is 11.4 Å². The van der Waals surface area contributed by atoms with Gasteiger partial charge in [-0.05, 0) is 23.3 Å². The van der Waals surface area contributed by atoms with E-state index in [0.29, 0.717) is 11.1 Å². The fourth-order valence-electron chi connectivity index (χ4n) is 2.79. The molecule has 0 bridgehead atoms. The van der Waals surface area contributed by atoms with Crippen molar-refractivity contribution in [2.75, 3.05) is 10.6 Å². The predicted octanol–water partition coefficient (Wildman–Crippen LogP) is 3.58. The number of nitrogens with zero attached hydrogens (tertiary/aromatic N) is 1. The number of carbonyl (C=O) groups excluding carboxylic acids is 4. The van der Waals surface area contributed by atoms with Crippen LogP contribution in [-0.4, -0.2) is 23.8 Å². The molecule has 0 aromatic heterocycles. The quantitative estimate of drug-likeness (QED) is 0.397. The Morgan fingerprint density at radius 3 is 1.51 bits per heavy atom. The van der Waals surface area contributed by atoms with Crippen molar-refractivity contribution in [3.05, 3.63) is 94.5 Å². The fraction of sp³-hybridized carbons (Fsp3) is 0.0800. The summed E-state index contributed by atoms with van der Waals surface area (Å²) in [4.78, 5) is 48.6. The highest BCUT2D eigenvalue weighted by Gasteiger charge is 2.22. The van der Waals surface area contributed by atoms with Crippen molar-refractivity contribution in [3.8, 4) is 6.07 Å². The molecule has 0 radical (unpaired) electrons. The summed E-state index contributed by atoms with van der Waals surface area (Å²) in [5.74, 6) is -4.64. The topological polar surface area (TPSA) is 135 Å². The second-order valence-corrected chi connectivity index (χ2v) is 7.41. The smallest absolute Gasteiger partial charge is 0.397 e. The van der Waals surface area contributed by atoms with Crippen LogP contribution in [0.5, 0.6) is 0 Å². The second-order valence-electron chi connectivity index (χ2n) is 7.03. The molecular weight excluding hydrogens is 474 g/mol. The summed E-state index contributed by atoms with van der Waals surface area (Å²) < 4.78 is 9.92. The largest absolute Gasteiger partial charge is 0.454 e. The molecule has 3 rings (SSSR count).